The maximum Gasteiger partial charge on any atom is 0.404 e. The normalized spacial score (nSPS) is 14.5. The van der Waals surface area contributed by atoms with Crippen LogP contribution in [0.1, 0.15) is 16.8 Å². The van der Waals surface area contributed by atoms with Crippen LogP contribution in [0.25, 0.3) is 22.3 Å². The summed E-state index contributed by atoms with van der Waals surface area (Å²) in [5.74, 6) is 0. The zero-order valence-corrected chi connectivity index (χ0v) is 23.6. The van der Waals surface area contributed by atoms with Gasteiger partial charge in [-0.1, -0.05) is 55.5 Å². The summed E-state index contributed by atoms with van der Waals surface area (Å²) in [6.07, 6.45) is 3.79. The molecule has 38 heavy (non-hydrogen) atoms. The molecule has 0 fully saturated rings. The number of halogens is 1. The van der Waals surface area contributed by atoms with Gasteiger partial charge < -0.3 is 19.7 Å². The third-order valence-corrected chi connectivity index (χ3v) is 9.05. The number of benzene rings is 1. The third kappa shape index (κ3) is 5.60. The summed E-state index contributed by atoms with van der Waals surface area (Å²) in [7, 11) is -1.16. The van der Waals surface area contributed by atoms with E-state index in [4.69, 9.17) is 21.3 Å². The molecule has 4 aromatic rings. The van der Waals surface area contributed by atoms with E-state index in [-0.39, 0.29) is 6.54 Å². The van der Waals surface area contributed by atoms with Gasteiger partial charge in [-0.25, -0.2) is 19.7 Å². The number of nitrogens with zero attached hydrogens (tertiary/aromatic N) is 4. The van der Waals surface area contributed by atoms with Crippen molar-refractivity contribution in [2.24, 2.45) is 0 Å². The first-order chi connectivity index (χ1) is 18.1. The SMILES string of the molecule is C[Si](C)(C)CCOCn1ccc2c(-c3cc(Cl)nc(C4(CNC(=O)O)Cc5ccccc5C4)c3)ncnc21. The fourth-order valence-electron chi connectivity index (χ4n) is 5.12. The molecule has 0 spiro atoms. The number of nitrogens with one attached hydrogen (secondary N) is 1. The van der Waals surface area contributed by atoms with Gasteiger partial charge in [0, 0.05) is 43.8 Å². The first-order valence-corrected chi connectivity index (χ1v) is 16.8. The third-order valence-electron chi connectivity index (χ3n) is 7.15. The Morgan fingerprint density at radius 2 is 1.89 bits per heavy atom. The molecule has 198 valence electrons. The van der Waals surface area contributed by atoms with E-state index >= 15 is 0 Å². The van der Waals surface area contributed by atoms with E-state index in [1.165, 1.54) is 11.1 Å². The highest BCUT2D eigenvalue weighted by Crippen LogP contribution is 2.41. The molecule has 0 saturated carbocycles. The van der Waals surface area contributed by atoms with Gasteiger partial charge in [-0.3, -0.25) is 0 Å². The molecule has 10 heteroatoms. The molecular formula is C28H32ClN5O3Si. The van der Waals surface area contributed by atoms with Crippen molar-refractivity contribution in [2.45, 2.75) is 50.7 Å². The number of carbonyl (C=O) groups is 1. The highest BCUT2D eigenvalue weighted by molar-refractivity contribution is 6.76. The molecule has 0 unspecified atom stereocenters. The number of amides is 1. The van der Waals surface area contributed by atoms with Crippen LogP contribution >= 0.6 is 11.6 Å². The Kier molecular flexibility index (Phi) is 7.26. The lowest BCUT2D eigenvalue weighted by Crippen LogP contribution is -2.41. The zero-order valence-electron chi connectivity index (χ0n) is 21.9. The second-order valence-electron chi connectivity index (χ2n) is 11.2. The Morgan fingerprint density at radius 3 is 2.58 bits per heavy atom. The lowest BCUT2D eigenvalue weighted by Gasteiger charge is -2.29. The van der Waals surface area contributed by atoms with Crippen LogP contribution in [0.2, 0.25) is 30.8 Å². The topological polar surface area (TPSA) is 102 Å². The highest BCUT2D eigenvalue weighted by Gasteiger charge is 2.41. The second-order valence-corrected chi connectivity index (χ2v) is 17.2. The Bertz CT molecular complexity index is 1460. The van der Waals surface area contributed by atoms with E-state index in [9.17, 15) is 9.90 Å². The number of ether oxygens (including phenoxy) is 1. The van der Waals surface area contributed by atoms with Crippen molar-refractivity contribution in [2.75, 3.05) is 13.2 Å². The van der Waals surface area contributed by atoms with Gasteiger partial charge in [-0.05, 0) is 48.2 Å². The minimum Gasteiger partial charge on any atom is -0.465 e. The standard InChI is InChI=1S/C28H32ClN5O3Si/c1-38(2,3)11-10-37-18-34-9-8-22-25(31-17-32-26(22)34)21-12-23(33-24(29)13-21)28(16-30-27(35)36)14-19-6-4-5-7-20(19)15-28/h4-9,12-13,17,30H,10-11,14-16,18H2,1-3H3,(H,35,36). The van der Waals surface area contributed by atoms with Crippen LogP contribution in [0.3, 0.4) is 0 Å². The first kappa shape index (κ1) is 26.3. The average molecular weight is 550 g/mol. The molecule has 1 amide bonds. The average Bonchev–Trinajstić information content (AvgIpc) is 3.46. The summed E-state index contributed by atoms with van der Waals surface area (Å²) in [6, 6.07) is 15.1. The van der Waals surface area contributed by atoms with E-state index in [2.05, 4.69) is 47.1 Å². The van der Waals surface area contributed by atoms with Crippen LogP contribution in [0.5, 0.6) is 0 Å². The molecule has 1 aliphatic rings. The van der Waals surface area contributed by atoms with Gasteiger partial charge in [0.05, 0.1) is 11.4 Å². The molecule has 0 bridgehead atoms. The second kappa shape index (κ2) is 10.5. The van der Waals surface area contributed by atoms with E-state index in [0.29, 0.717) is 24.7 Å². The monoisotopic (exact) mass is 549 g/mol. The van der Waals surface area contributed by atoms with Crippen molar-refractivity contribution < 1.29 is 14.6 Å². The summed E-state index contributed by atoms with van der Waals surface area (Å²) in [5.41, 5.74) is 4.93. The molecule has 0 radical (unpaired) electrons. The van der Waals surface area contributed by atoms with E-state index < -0.39 is 19.6 Å². The molecule has 0 atom stereocenters. The van der Waals surface area contributed by atoms with Crippen molar-refractivity contribution in [3.05, 3.63) is 77.0 Å². The maximum atomic E-state index is 11.5. The molecular weight excluding hydrogens is 518 g/mol. The van der Waals surface area contributed by atoms with Gasteiger partial charge in [0.2, 0.25) is 0 Å². The van der Waals surface area contributed by atoms with Crippen LogP contribution in [0, 0.1) is 0 Å². The van der Waals surface area contributed by atoms with Crippen molar-refractivity contribution >= 4 is 36.8 Å². The van der Waals surface area contributed by atoms with Crippen LogP contribution < -0.4 is 5.32 Å². The molecule has 2 N–H and O–H groups in total. The van der Waals surface area contributed by atoms with Gasteiger partial charge in [0.1, 0.15) is 23.9 Å². The number of pyridine rings is 1. The Hall–Kier alpha value is -3.27. The quantitative estimate of drug-likeness (QED) is 0.156. The zero-order chi connectivity index (χ0) is 26.9. The van der Waals surface area contributed by atoms with Gasteiger partial charge >= 0.3 is 6.09 Å². The Morgan fingerprint density at radius 1 is 1.16 bits per heavy atom. The van der Waals surface area contributed by atoms with Crippen LogP contribution in [0.4, 0.5) is 4.79 Å². The number of fused-ring (bicyclic) bond motifs is 2. The predicted molar refractivity (Wildman–Crippen MR) is 151 cm³/mol. The van der Waals surface area contributed by atoms with E-state index in [0.717, 1.165) is 40.6 Å². The Labute approximate surface area is 228 Å². The van der Waals surface area contributed by atoms with Crippen molar-refractivity contribution in [1.82, 2.24) is 24.8 Å². The number of hydrogen-bond donors (Lipinski definition) is 2. The summed E-state index contributed by atoms with van der Waals surface area (Å²) in [6.45, 7) is 8.39. The summed E-state index contributed by atoms with van der Waals surface area (Å²) >= 11 is 6.58. The minimum absolute atomic E-state index is 0.230. The van der Waals surface area contributed by atoms with Gasteiger partial charge in [-0.2, -0.15) is 0 Å². The number of carboxylic acid groups (broad SMARTS) is 1. The van der Waals surface area contributed by atoms with Crippen LogP contribution in [0.15, 0.2) is 55.0 Å². The Balaban J connectivity index is 1.49. The summed E-state index contributed by atoms with van der Waals surface area (Å²) in [4.78, 5) is 25.3. The van der Waals surface area contributed by atoms with E-state index in [1.54, 1.807) is 12.4 Å². The highest BCUT2D eigenvalue weighted by atomic mass is 35.5. The van der Waals surface area contributed by atoms with Crippen molar-refractivity contribution in [3.63, 3.8) is 0 Å². The van der Waals surface area contributed by atoms with Crippen LogP contribution in [-0.4, -0.2) is 51.9 Å². The lowest BCUT2D eigenvalue weighted by atomic mass is 9.80. The predicted octanol–water partition coefficient (Wildman–Crippen LogP) is 5.76. The first-order valence-electron chi connectivity index (χ1n) is 12.7. The van der Waals surface area contributed by atoms with Crippen molar-refractivity contribution in [1.29, 1.82) is 0 Å². The minimum atomic E-state index is -1.16. The smallest absolute Gasteiger partial charge is 0.404 e. The van der Waals surface area contributed by atoms with Crippen LogP contribution in [-0.2, 0) is 29.7 Å². The molecule has 3 heterocycles. The lowest BCUT2D eigenvalue weighted by molar-refractivity contribution is 0.0899. The van der Waals surface area contributed by atoms with Gasteiger partial charge in [0.15, 0.2) is 0 Å². The molecule has 0 aliphatic heterocycles. The molecule has 8 nitrogen and oxygen atoms in total. The molecule has 1 aliphatic carbocycles. The molecule has 5 rings (SSSR count). The number of hydrogen-bond acceptors (Lipinski definition) is 5. The molecule has 0 saturated heterocycles. The largest absolute Gasteiger partial charge is 0.465 e. The van der Waals surface area contributed by atoms with E-state index in [1.807, 2.05) is 35.0 Å². The summed E-state index contributed by atoms with van der Waals surface area (Å²) < 4.78 is 7.94. The molecule has 1 aromatic carbocycles. The summed E-state index contributed by atoms with van der Waals surface area (Å²) in [5, 5.41) is 13.2. The van der Waals surface area contributed by atoms with Crippen molar-refractivity contribution in [3.8, 4) is 11.3 Å². The number of aromatic nitrogens is 4. The molecule has 3 aromatic heterocycles. The maximum absolute atomic E-state index is 11.5. The van der Waals surface area contributed by atoms with Gasteiger partial charge in [0.25, 0.3) is 0 Å². The number of rotatable bonds is 9. The fourth-order valence-corrected chi connectivity index (χ4v) is 6.09. The van der Waals surface area contributed by atoms with Gasteiger partial charge in [-0.15, -0.1) is 0 Å². The fraction of sp³-hybridized carbons (Fsp3) is 0.357.